The van der Waals surface area contributed by atoms with E-state index in [2.05, 4.69) is 5.32 Å². The number of likely N-dealkylation sites (tertiary alicyclic amines) is 1. The minimum absolute atomic E-state index is 0.144. The predicted molar refractivity (Wildman–Crippen MR) is 76.1 cm³/mol. The van der Waals surface area contributed by atoms with Crippen LogP contribution in [0.1, 0.15) is 46.5 Å². The molecule has 2 aliphatic rings. The van der Waals surface area contributed by atoms with Crippen LogP contribution in [0.15, 0.2) is 0 Å². The second kappa shape index (κ2) is 6.12. The fraction of sp³-hybridized carbons (Fsp3) is 0.933. The molecule has 0 aromatic carbocycles. The first kappa shape index (κ1) is 14.6. The van der Waals surface area contributed by atoms with Crippen molar-refractivity contribution >= 4 is 6.09 Å². The summed E-state index contributed by atoms with van der Waals surface area (Å²) < 4.78 is 5.42. The highest BCUT2D eigenvalue weighted by atomic mass is 16.6. The van der Waals surface area contributed by atoms with Crippen LogP contribution in [0.25, 0.3) is 0 Å². The van der Waals surface area contributed by atoms with Gasteiger partial charge in [0.2, 0.25) is 0 Å². The average molecular weight is 268 g/mol. The first-order chi connectivity index (χ1) is 8.94. The maximum atomic E-state index is 11.9. The molecule has 1 N–H and O–H groups in total. The molecule has 19 heavy (non-hydrogen) atoms. The van der Waals surface area contributed by atoms with E-state index in [0.29, 0.717) is 0 Å². The maximum Gasteiger partial charge on any atom is 0.410 e. The number of nitrogens with zero attached hydrogens (tertiary/aromatic N) is 1. The average Bonchev–Trinajstić information content (AvgIpc) is 2.25. The smallest absolute Gasteiger partial charge is 0.410 e. The van der Waals surface area contributed by atoms with Crippen LogP contribution < -0.4 is 5.32 Å². The second-order valence-corrected chi connectivity index (χ2v) is 7.01. The van der Waals surface area contributed by atoms with Crippen LogP contribution in [0, 0.1) is 11.8 Å². The van der Waals surface area contributed by atoms with Gasteiger partial charge in [-0.05, 0) is 71.4 Å². The van der Waals surface area contributed by atoms with Gasteiger partial charge in [0, 0.05) is 13.1 Å². The third-order valence-electron chi connectivity index (χ3n) is 4.12. The van der Waals surface area contributed by atoms with Crippen molar-refractivity contribution in [1.29, 1.82) is 0 Å². The normalized spacial score (nSPS) is 22.2. The number of carbonyl (C=O) groups excluding carboxylic acids is 1. The molecule has 4 nitrogen and oxygen atoms in total. The van der Waals surface area contributed by atoms with Crippen molar-refractivity contribution in [2.75, 3.05) is 26.2 Å². The molecule has 1 amide bonds. The standard InChI is InChI=1S/C15H28N2O2/c1-15(2,3)19-14(18)17-8-6-12(7-9-17)4-5-13-10-16-11-13/h12-13,16H,4-11H2,1-3H3. The number of rotatable bonds is 3. The van der Waals surface area contributed by atoms with Gasteiger partial charge >= 0.3 is 6.09 Å². The molecule has 0 radical (unpaired) electrons. The lowest BCUT2D eigenvalue weighted by molar-refractivity contribution is 0.0178. The summed E-state index contributed by atoms with van der Waals surface area (Å²) in [5.74, 6) is 1.71. The maximum absolute atomic E-state index is 11.9. The summed E-state index contributed by atoms with van der Waals surface area (Å²) in [6.45, 7) is 9.90. The predicted octanol–water partition coefficient (Wildman–Crippen LogP) is 2.63. The van der Waals surface area contributed by atoms with Gasteiger partial charge in [-0.25, -0.2) is 4.79 Å². The highest BCUT2D eigenvalue weighted by Crippen LogP contribution is 2.25. The SMILES string of the molecule is CC(C)(C)OC(=O)N1CCC(CCC2CNC2)CC1. The Morgan fingerprint density at radius 1 is 1.16 bits per heavy atom. The van der Waals surface area contributed by atoms with Crippen LogP contribution in [-0.2, 0) is 4.74 Å². The molecule has 2 aliphatic heterocycles. The Morgan fingerprint density at radius 2 is 1.74 bits per heavy atom. The number of amides is 1. The van der Waals surface area contributed by atoms with Crippen LogP contribution in [0.4, 0.5) is 4.79 Å². The van der Waals surface area contributed by atoms with Crippen molar-refractivity contribution in [1.82, 2.24) is 10.2 Å². The Hall–Kier alpha value is -0.770. The second-order valence-electron chi connectivity index (χ2n) is 7.01. The molecule has 0 atom stereocenters. The molecule has 0 aromatic rings. The van der Waals surface area contributed by atoms with E-state index >= 15 is 0 Å². The van der Waals surface area contributed by atoms with Gasteiger partial charge < -0.3 is 15.0 Å². The summed E-state index contributed by atoms with van der Waals surface area (Å²) in [5.41, 5.74) is -0.384. The number of ether oxygens (including phenoxy) is 1. The van der Waals surface area contributed by atoms with Crippen LogP contribution in [0.2, 0.25) is 0 Å². The van der Waals surface area contributed by atoms with Crippen LogP contribution in [-0.4, -0.2) is 42.8 Å². The molecule has 0 aromatic heterocycles. The van der Waals surface area contributed by atoms with Gasteiger partial charge in [-0.15, -0.1) is 0 Å². The van der Waals surface area contributed by atoms with Gasteiger partial charge in [0.05, 0.1) is 0 Å². The lowest BCUT2D eigenvalue weighted by Crippen LogP contribution is -2.43. The molecular formula is C15H28N2O2. The zero-order valence-corrected chi connectivity index (χ0v) is 12.6. The molecule has 110 valence electrons. The van der Waals surface area contributed by atoms with Crippen molar-refractivity contribution in [2.45, 2.75) is 52.1 Å². The number of nitrogens with one attached hydrogen (secondary N) is 1. The first-order valence-corrected chi connectivity index (χ1v) is 7.63. The number of hydrogen-bond donors (Lipinski definition) is 1. The highest BCUT2D eigenvalue weighted by Gasteiger charge is 2.27. The summed E-state index contributed by atoms with van der Waals surface area (Å²) in [6, 6.07) is 0. The van der Waals surface area contributed by atoms with Crippen molar-refractivity contribution in [3.8, 4) is 0 Å². The van der Waals surface area contributed by atoms with Crippen LogP contribution in [0.3, 0.4) is 0 Å². The molecule has 0 spiro atoms. The van der Waals surface area contributed by atoms with Crippen LogP contribution in [0.5, 0.6) is 0 Å². The third kappa shape index (κ3) is 4.68. The summed E-state index contributed by atoms with van der Waals surface area (Å²) in [6.07, 6.45) is 4.81. The quantitative estimate of drug-likeness (QED) is 0.855. The van der Waals surface area contributed by atoms with E-state index in [4.69, 9.17) is 4.74 Å². The number of piperidine rings is 1. The minimum Gasteiger partial charge on any atom is -0.444 e. The van der Waals surface area contributed by atoms with E-state index in [1.54, 1.807) is 0 Å². The van der Waals surface area contributed by atoms with Crippen LogP contribution >= 0.6 is 0 Å². The molecule has 0 unspecified atom stereocenters. The molecule has 0 bridgehead atoms. The van der Waals surface area contributed by atoms with E-state index in [0.717, 1.165) is 37.8 Å². The molecular weight excluding hydrogens is 240 g/mol. The molecule has 4 heteroatoms. The zero-order chi connectivity index (χ0) is 13.9. The van der Waals surface area contributed by atoms with E-state index in [1.807, 2.05) is 25.7 Å². The summed E-state index contributed by atoms with van der Waals surface area (Å²) in [7, 11) is 0. The van der Waals surface area contributed by atoms with Crippen molar-refractivity contribution in [3.05, 3.63) is 0 Å². The van der Waals surface area contributed by atoms with Gasteiger partial charge in [-0.3, -0.25) is 0 Å². The summed E-state index contributed by atoms with van der Waals surface area (Å²) in [4.78, 5) is 13.8. The molecule has 2 saturated heterocycles. The van der Waals surface area contributed by atoms with Crippen molar-refractivity contribution < 1.29 is 9.53 Å². The third-order valence-corrected chi connectivity index (χ3v) is 4.12. The molecule has 0 aliphatic carbocycles. The summed E-state index contributed by atoms with van der Waals surface area (Å²) >= 11 is 0. The van der Waals surface area contributed by atoms with E-state index < -0.39 is 0 Å². The Morgan fingerprint density at radius 3 is 2.21 bits per heavy atom. The van der Waals surface area contributed by atoms with Gasteiger partial charge in [-0.2, -0.15) is 0 Å². The van der Waals surface area contributed by atoms with Gasteiger partial charge in [0.25, 0.3) is 0 Å². The van der Waals surface area contributed by atoms with Gasteiger partial charge in [-0.1, -0.05) is 0 Å². The lowest BCUT2D eigenvalue weighted by Gasteiger charge is -2.34. The van der Waals surface area contributed by atoms with E-state index in [1.165, 1.54) is 25.9 Å². The number of hydrogen-bond acceptors (Lipinski definition) is 3. The lowest BCUT2D eigenvalue weighted by atomic mass is 9.87. The Balaban J connectivity index is 1.65. The largest absolute Gasteiger partial charge is 0.444 e. The Labute approximate surface area is 116 Å². The monoisotopic (exact) mass is 268 g/mol. The minimum atomic E-state index is -0.384. The van der Waals surface area contributed by atoms with Crippen molar-refractivity contribution in [2.24, 2.45) is 11.8 Å². The Kier molecular flexibility index (Phi) is 4.71. The van der Waals surface area contributed by atoms with E-state index in [9.17, 15) is 4.79 Å². The summed E-state index contributed by atoms with van der Waals surface area (Å²) in [5, 5.41) is 3.32. The molecule has 2 fully saturated rings. The highest BCUT2D eigenvalue weighted by molar-refractivity contribution is 5.68. The topological polar surface area (TPSA) is 41.6 Å². The van der Waals surface area contributed by atoms with Crippen molar-refractivity contribution in [3.63, 3.8) is 0 Å². The molecule has 2 heterocycles. The fourth-order valence-corrected chi connectivity index (χ4v) is 2.75. The molecule has 2 rings (SSSR count). The fourth-order valence-electron chi connectivity index (χ4n) is 2.75. The first-order valence-electron chi connectivity index (χ1n) is 7.63. The van der Waals surface area contributed by atoms with Gasteiger partial charge in [0.15, 0.2) is 0 Å². The van der Waals surface area contributed by atoms with E-state index in [-0.39, 0.29) is 11.7 Å². The zero-order valence-electron chi connectivity index (χ0n) is 12.6. The number of carbonyl (C=O) groups is 1. The Bertz CT molecular complexity index is 300. The van der Waals surface area contributed by atoms with Gasteiger partial charge in [0.1, 0.15) is 5.60 Å². The molecule has 0 saturated carbocycles.